The van der Waals surface area contributed by atoms with Crippen LogP contribution in [0.2, 0.25) is 0 Å². The maximum absolute atomic E-state index is 12.1. The maximum atomic E-state index is 12.1. The van der Waals surface area contributed by atoms with Crippen LogP contribution in [0.25, 0.3) is 0 Å². The summed E-state index contributed by atoms with van der Waals surface area (Å²) in [6, 6.07) is 26.3. The highest BCUT2D eigenvalue weighted by atomic mass is 32.2. The first-order chi connectivity index (χ1) is 14.4. The summed E-state index contributed by atoms with van der Waals surface area (Å²) in [6.07, 6.45) is 0. The standard InChI is InChI=1S/C12H10S.C11H13F3O3S/c1-3-7-11(8-4-1)13-12-9-5-2-6-10-12;1-10(2,3)8-4-6-9(7-5-8)17-18(15,16)11(12,13)14/h1-10H;4-7H,1-3H3. The quantitative estimate of drug-likeness (QED) is 0.304. The van der Waals surface area contributed by atoms with Gasteiger partial charge in [0.2, 0.25) is 0 Å². The minimum Gasteiger partial charge on any atom is -0.376 e. The monoisotopic (exact) mass is 468 g/mol. The van der Waals surface area contributed by atoms with E-state index in [9.17, 15) is 21.6 Å². The molecule has 0 unspecified atom stereocenters. The zero-order chi connectivity index (χ0) is 23.1. The Kier molecular flexibility index (Phi) is 8.20. The summed E-state index contributed by atoms with van der Waals surface area (Å²) in [5, 5.41) is 0. The molecule has 0 amide bonds. The highest BCUT2D eigenvalue weighted by Crippen LogP contribution is 2.29. The molecule has 0 saturated carbocycles. The first-order valence-electron chi connectivity index (χ1n) is 9.28. The molecule has 3 aromatic carbocycles. The topological polar surface area (TPSA) is 43.4 Å². The fourth-order valence-electron chi connectivity index (χ4n) is 2.30. The lowest BCUT2D eigenvalue weighted by molar-refractivity contribution is -0.0500. The van der Waals surface area contributed by atoms with Crippen LogP contribution in [0.15, 0.2) is 94.7 Å². The first kappa shape index (κ1) is 24.8. The summed E-state index contributed by atoms with van der Waals surface area (Å²) in [4.78, 5) is 2.57. The Hall–Kier alpha value is -2.45. The van der Waals surface area contributed by atoms with Crippen LogP contribution < -0.4 is 4.18 Å². The second-order valence-electron chi connectivity index (χ2n) is 7.49. The fraction of sp³-hybridized carbons (Fsp3) is 0.217. The predicted octanol–water partition coefficient (Wildman–Crippen LogP) is 7.05. The van der Waals surface area contributed by atoms with Gasteiger partial charge in [0.1, 0.15) is 5.75 Å². The van der Waals surface area contributed by atoms with Crippen molar-refractivity contribution in [3.8, 4) is 5.75 Å². The van der Waals surface area contributed by atoms with E-state index in [-0.39, 0.29) is 11.2 Å². The largest absolute Gasteiger partial charge is 0.534 e. The van der Waals surface area contributed by atoms with Gasteiger partial charge in [0.15, 0.2) is 0 Å². The average Bonchev–Trinajstić information content (AvgIpc) is 2.69. The highest BCUT2D eigenvalue weighted by Gasteiger charge is 2.48. The van der Waals surface area contributed by atoms with Crippen molar-refractivity contribution >= 4 is 21.9 Å². The molecule has 0 saturated heterocycles. The number of alkyl halides is 3. The van der Waals surface area contributed by atoms with Gasteiger partial charge < -0.3 is 4.18 Å². The minimum absolute atomic E-state index is 0.179. The second-order valence-corrected chi connectivity index (χ2v) is 10.2. The first-order valence-corrected chi connectivity index (χ1v) is 11.5. The van der Waals surface area contributed by atoms with Crippen LogP contribution in [-0.4, -0.2) is 13.9 Å². The van der Waals surface area contributed by atoms with Crippen molar-refractivity contribution < 1.29 is 25.8 Å². The van der Waals surface area contributed by atoms with E-state index in [1.807, 2.05) is 32.9 Å². The van der Waals surface area contributed by atoms with Gasteiger partial charge in [-0.3, -0.25) is 0 Å². The van der Waals surface area contributed by atoms with Crippen molar-refractivity contribution in [1.29, 1.82) is 0 Å². The molecule has 0 aliphatic heterocycles. The Bertz CT molecular complexity index is 1010. The fourth-order valence-corrected chi connectivity index (χ4v) is 3.62. The Morgan fingerprint density at radius 1 is 0.710 bits per heavy atom. The van der Waals surface area contributed by atoms with E-state index in [1.165, 1.54) is 34.1 Å². The molecule has 166 valence electrons. The van der Waals surface area contributed by atoms with Crippen LogP contribution in [-0.2, 0) is 15.5 Å². The van der Waals surface area contributed by atoms with Crippen molar-refractivity contribution in [2.75, 3.05) is 0 Å². The van der Waals surface area contributed by atoms with Crippen LogP contribution >= 0.6 is 11.8 Å². The number of rotatable bonds is 4. The van der Waals surface area contributed by atoms with Crippen molar-refractivity contribution in [2.45, 2.75) is 41.5 Å². The van der Waals surface area contributed by atoms with Gasteiger partial charge in [-0.2, -0.15) is 21.6 Å². The summed E-state index contributed by atoms with van der Waals surface area (Å²) in [6.45, 7) is 5.78. The van der Waals surface area contributed by atoms with E-state index in [0.717, 1.165) is 5.56 Å². The van der Waals surface area contributed by atoms with E-state index >= 15 is 0 Å². The summed E-state index contributed by atoms with van der Waals surface area (Å²) < 4.78 is 61.7. The van der Waals surface area contributed by atoms with Crippen LogP contribution in [0, 0.1) is 0 Å². The summed E-state index contributed by atoms with van der Waals surface area (Å²) in [5.74, 6) is -0.361. The summed E-state index contributed by atoms with van der Waals surface area (Å²) >= 11 is 1.79. The van der Waals surface area contributed by atoms with Crippen molar-refractivity contribution in [3.63, 3.8) is 0 Å². The molecule has 3 aromatic rings. The van der Waals surface area contributed by atoms with Crippen LogP contribution in [0.1, 0.15) is 26.3 Å². The third-order valence-corrected chi connectivity index (χ3v) is 5.93. The van der Waals surface area contributed by atoms with Crippen molar-refractivity contribution in [3.05, 3.63) is 90.5 Å². The molecule has 0 aromatic heterocycles. The van der Waals surface area contributed by atoms with E-state index < -0.39 is 15.6 Å². The molecule has 0 bridgehead atoms. The molecule has 3 rings (SSSR count). The normalized spacial score (nSPS) is 11.9. The SMILES string of the molecule is CC(C)(C)c1ccc(OS(=O)(=O)C(F)(F)F)cc1.c1ccc(Sc2ccccc2)cc1. The predicted molar refractivity (Wildman–Crippen MR) is 118 cm³/mol. The van der Waals surface area contributed by atoms with Crippen molar-refractivity contribution in [2.24, 2.45) is 0 Å². The third-order valence-electron chi connectivity index (χ3n) is 3.93. The molecule has 0 heterocycles. The molecule has 0 N–H and O–H groups in total. The molecule has 3 nitrogen and oxygen atoms in total. The van der Waals surface area contributed by atoms with Gasteiger partial charge in [0.05, 0.1) is 0 Å². The number of hydrogen-bond acceptors (Lipinski definition) is 4. The summed E-state index contributed by atoms with van der Waals surface area (Å²) in [7, 11) is -5.60. The average molecular weight is 469 g/mol. The van der Waals surface area contributed by atoms with Gasteiger partial charge in [-0.25, -0.2) is 0 Å². The Morgan fingerprint density at radius 2 is 1.13 bits per heavy atom. The maximum Gasteiger partial charge on any atom is 0.534 e. The van der Waals surface area contributed by atoms with Crippen LogP contribution in [0.3, 0.4) is 0 Å². The van der Waals surface area contributed by atoms with E-state index in [2.05, 4.69) is 52.7 Å². The molecule has 0 atom stereocenters. The van der Waals surface area contributed by atoms with Crippen LogP contribution in [0.4, 0.5) is 13.2 Å². The Morgan fingerprint density at radius 3 is 1.48 bits per heavy atom. The van der Waals surface area contributed by atoms with E-state index in [0.29, 0.717) is 0 Å². The van der Waals surface area contributed by atoms with E-state index in [4.69, 9.17) is 0 Å². The molecular formula is C23H23F3O3S2. The van der Waals surface area contributed by atoms with E-state index in [1.54, 1.807) is 11.8 Å². The Balaban J connectivity index is 0.000000231. The molecule has 0 fully saturated rings. The number of halogens is 3. The van der Waals surface area contributed by atoms with Crippen molar-refractivity contribution in [1.82, 2.24) is 0 Å². The van der Waals surface area contributed by atoms with Gasteiger partial charge in [0, 0.05) is 9.79 Å². The summed E-state index contributed by atoms with van der Waals surface area (Å²) in [5.41, 5.74) is -4.74. The number of hydrogen-bond donors (Lipinski definition) is 0. The molecule has 8 heteroatoms. The third kappa shape index (κ3) is 7.95. The van der Waals surface area contributed by atoms with Crippen LogP contribution in [0.5, 0.6) is 5.75 Å². The highest BCUT2D eigenvalue weighted by molar-refractivity contribution is 7.99. The van der Waals surface area contributed by atoms with Gasteiger partial charge in [-0.05, 0) is 47.4 Å². The van der Waals surface area contributed by atoms with Gasteiger partial charge >= 0.3 is 15.6 Å². The number of benzene rings is 3. The molecule has 0 spiro atoms. The van der Waals surface area contributed by atoms with Gasteiger partial charge in [-0.15, -0.1) is 0 Å². The molecule has 0 radical (unpaired) electrons. The molecule has 0 aliphatic carbocycles. The molecule has 31 heavy (non-hydrogen) atoms. The molecular weight excluding hydrogens is 445 g/mol. The Labute approximate surface area is 185 Å². The minimum atomic E-state index is -5.60. The van der Waals surface area contributed by atoms with Gasteiger partial charge in [0.25, 0.3) is 0 Å². The second kappa shape index (κ2) is 10.2. The van der Waals surface area contributed by atoms with Gasteiger partial charge in [-0.1, -0.05) is 81.1 Å². The smallest absolute Gasteiger partial charge is 0.376 e. The zero-order valence-corrected chi connectivity index (χ0v) is 18.9. The lowest BCUT2D eigenvalue weighted by Crippen LogP contribution is -2.28. The molecule has 0 aliphatic rings. The zero-order valence-electron chi connectivity index (χ0n) is 17.3. The lowest BCUT2D eigenvalue weighted by atomic mass is 9.87. The lowest BCUT2D eigenvalue weighted by Gasteiger charge is -2.19.